The standard InChI is InChI=1S/C16H19N3O2/c17-14(20)10-4-1-6-12-13(10)18-15(21-12)11-5-2-7-16(19-11)8-3-9-16/h1,4,6,11,19H,2-3,5,7-9H2,(H2,17,20). The van der Waals surface area contributed by atoms with Crippen LogP contribution in [0.25, 0.3) is 11.1 Å². The van der Waals surface area contributed by atoms with Gasteiger partial charge in [-0.15, -0.1) is 0 Å². The predicted molar refractivity (Wildman–Crippen MR) is 78.8 cm³/mol. The average molecular weight is 285 g/mol. The molecule has 1 saturated carbocycles. The van der Waals surface area contributed by atoms with Gasteiger partial charge in [-0.3, -0.25) is 4.79 Å². The van der Waals surface area contributed by atoms with E-state index in [1.54, 1.807) is 12.1 Å². The van der Waals surface area contributed by atoms with E-state index in [9.17, 15) is 4.79 Å². The summed E-state index contributed by atoms with van der Waals surface area (Å²) < 4.78 is 5.88. The average Bonchev–Trinajstić information content (AvgIpc) is 2.89. The molecule has 1 atom stereocenters. The summed E-state index contributed by atoms with van der Waals surface area (Å²) in [6, 6.07) is 5.45. The molecular formula is C16H19N3O2. The maximum atomic E-state index is 11.5. The molecule has 1 amide bonds. The lowest BCUT2D eigenvalue weighted by atomic mass is 9.70. The minimum Gasteiger partial charge on any atom is -0.439 e. The molecule has 1 unspecified atom stereocenters. The zero-order valence-electron chi connectivity index (χ0n) is 11.9. The normalized spacial score (nSPS) is 24.1. The summed E-state index contributed by atoms with van der Waals surface area (Å²) in [6.45, 7) is 0. The highest BCUT2D eigenvalue weighted by atomic mass is 16.3. The smallest absolute Gasteiger partial charge is 0.251 e. The van der Waals surface area contributed by atoms with Crippen molar-refractivity contribution in [1.29, 1.82) is 0 Å². The Morgan fingerprint density at radius 3 is 2.86 bits per heavy atom. The summed E-state index contributed by atoms with van der Waals surface area (Å²) in [4.78, 5) is 16.0. The number of nitrogens with zero attached hydrogens (tertiary/aromatic N) is 1. The molecule has 3 N–H and O–H groups in total. The first kappa shape index (κ1) is 12.8. The monoisotopic (exact) mass is 285 g/mol. The largest absolute Gasteiger partial charge is 0.439 e. The highest BCUT2D eigenvalue weighted by Gasteiger charge is 2.42. The van der Waals surface area contributed by atoms with Gasteiger partial charge in [0, 0.05) is 5.54 Å². The van der Waals surface area contributed by atoms with Crippen LogP contribution in [0.2, 0.25) is 0 Å². The van der Waals surface area contributed by atoms with Gasteiger partial charge in [-0.25, -0.2) is 4.98 Å². The van der Waals surface area contributed by atoms with Crippen molar-refractivity contribution < 1.29 is 9.21 Å². The van der Waals surface area contributed by atoms with E-state index < -0.39 is 5.91 Å². The highest BCUT2D eigenvalue weighted by molar-refractivity contribution is 6.03. The maximum Gasteiger partial charge on any atom is 0.251 e. The second kappa shape index (κ2) is 4.56. The summed E-state index contributed by atoms with van der Waals surface area (Å²) in [5.74, 6) is 0.220. The molecule has 110 valence electrons. The number of benzene rings is 1. The van der Waals surface area contributed by atoms with Crippen LogP contribution in [-0.2, 0) is 0 Å². The topological polar surface area (TPSA) is 81.2 Å². The molecule has 0 radical (unpaired) electrons. The first-order chi connectivity index (χ1) is 10.2. The first-order valence-corrected chi connectivity index (χ1v) is 7.64. The van der Waals surface area contributed by atoms with Gasteiger partial charge in [-0.05, 0) is 50.7 Å². The van der Waals surface area contributed by atoms with Crippen molar-refractivity contribution in [3.8, 4) is 0 Å². The van der Waals surface area contributed by atoms with Crippen molar-refractivity contribution in [1.82, 2.24) is 10.3 Å². The minimum atomic E-state index is -0.465. The van der Waals surface area contributed by atoms with Crippen molar-refractivity contribution in [2.24, 2.45) is 5.73 Å². The summed E-state index contributed by atoms with van der Waals surface area (Å²) in [5.41, 5.74) is 7.35. The molecule has 1 saturated heterocycles. The first-order valence-electron chi connectivity index (χ1n) is 7.64. The van der Waals surface area contributed by atoms with E-state index in [2.05, 4.69) is 10.3 Å². The number of rotatable bonds is 2. The van der Waals surface area contributed by atoms with Gasteiger partial charge < -0.3 is 15.5 Å². The SMILES string of the molecule is NC(=O)c1cccc2oc(C3CCCC4(CCC4)N3)nc12. The van der Waals surface area contributed by atoms with Crippen LogP contribution in [0.4, 0.5) is 0 Å². The third-order valence-corrected chi connectivity index (χ3v) is 4.94. The Morgan fingerprint density at radius 1 is 1.33 bits per heavy atom. The summed E-state index contributed by atoms with van der Waals surface area (Å²) in [6.07, 6.45) is 7.27. The third-order valence-electron chi connectivity index (χ3n) is 4.94. The molecule has 1 aliphatic heterocycles. The number of fused-ring (bicyclic) bond motifs is 1. The van der Waals surface area contributed by atoms with Gasteiger partial charge in [0.2, 0.25) is 5.89 Å². The number of carbonyl (C=O) groups excluding carboxylic acids is 1. The van der Waals surface area contributed by atoms with Gasteiger partial charge in [0.05, 0.1) is 11.6 Å². The van der Waals surface area contributed by atoms with Crippen molar-refractivity contribution in [3.63, 3.8) is 0 Å². The van der Waals surface area contributed by atoms with Crippen LogP contribution in [0.15, 0.2) is 22.6 Å². The molecule has 1 spiro atoms. The van der Waals surface area contributed by atoms with E-state index in [1.807, 2.05) is 6.07 Å². The van der Waals surface area contributed by atoms with Crippen molar-refractivity contribution in [2.75, 3.05) is 0 Å². The Labute approximate surface area is 122 Å². The van der Waals surface area contributed by atoms with Crippen LogP contribution in [0, 0.1) is 0 Å². The fourth-order valence-electron chi connectivity index (χ4n) is 3.66. The quantitative estimate of drug-likeness (QED) is 0.888. The number of primary amides is 1. The zero-order chi connectivity index (χ0) is 14.4. The van der Waals surface area contributed by atoms with Gasteiger partial charge in [-0.1, -0.05) is 6.07 Å². The number of amides is 1. The van der Waals surface area contributed by atoms with Crippen LogP contribution in [-0.4, -0.2) is 16.4 Å². The Hall–Kier alpha value is -1.88. The number of hydrogen-bond acceptors (Lipinski definition) is 4. The van der Waals surface area contributed by atoms with Crippen molar-refractivity contribution in [3.05, 3.63) is 29.7 Å². The van der Waals surface area contributed by atoms with Gasteiger partial charge >= 0.3 is 0 Å². The van der Waals surface area contributed by atoms with Crippen LogP contribution >= 0.6 is 0 Å². The molecule has 5 heteroatoms. The number of nitrogens with one attached hydrogen (secondary N) is 1. The fraction of sp³-hybridized carbons (Fsp3) is 0.500. The van der Waals surface area contributed by atoms with Gasteiger partial charge in [0.25, 0.3) is 5.91 Å². The molecule has 1 aromatic heterocycles. The molecule has 2 heterocycles. The van der Waals surface area contributed by atoms with Crippen molar-refractivity contribution >= 4 is 17.0 Å². The number of piperidine rings is 1. The Kier molecular flexibility index (Phi) is 2.79. The van der Waals surface area contributed by atoms with Crippen LogP contribution in [0.5, 0.6) is 0 Å². The highest BCUT2D eigenvalue weighted by Crippen LogP contribution is 2.43. The van der Waals surface area contributed by atoms with Crippen molar-refractivity contribution in [2.45, 2.75) is 50.1 Å². The zero-order valence-corrected chi connectivity index (χ0v) is 11.9. The second-order valence-electron chi connectivity index (χ2n) is 6.29. The molecule has 2 aliphatic rings. The number of para-hydroxylation sites is 1. The molecule has 4 rings (SSSR count). The minimum absolute atomic E-state index is 0.146. The molecule has 21 heavy (non-hydrogen) atoms. The maximum absolute atomic E-state index is 11.5. The summed E-state index contributed by atoms with van der Waals surface area (Å²) in [5, 5.41) is 3.72. The lowest BCUT2D eigenvalue weighted by Gasteiger charge is -2.48. The van der Waals surface area contributed by atoms with E-state index in [4.69, 9.17) is 10.2 Å². The molecule has 2 fully saturated rings. The molecular weight excluding hydrogens is 266 g/mol. The lowest BCUT2D eigenvalue weighted by molar-refractivity contribution is 0.100. The van der Waals surface area contributed by atoms with Crippen LogP contribution in [0.3, 0.4) is 0 Å². The van der Waals surface area contributed by atoms with E-state index in [0.29, 0.717) is 28.1 Å². The van der Waals surface area contributed by atoms with E-state index in [-0.39, 0.29) is 6.04 Å². The Balaban J connectivity index is 1.70. The number of oxazole rings is 1. The van der Waals surface area contributed by atoms with Crippen LogP contribution in [0.1, 0.15) is 60.8 Å². The van der Waals surface area contributed by atoms with Gasteiger partial charge in [0.1, 0.15) is 5.52 Å². The van der Waals surface area contributed by atoms with Crippen LogP contribution < -0.4 is 11.1 Å². The second-order valence-corrected chi connectivity index (χ2v) is 6.29. The molecule has 2 aromatic rings. The van der Waals surface area contributed by atoms with E-state index in [1.165, 1.54) is 32.1 Å². The number of carbonyl (C=O) groups is 1. The summed E-state index contributed by atoms with van der Waals surface area (Å²) >= 11 is 0. The fourth-order valence-corrected chi connectivity index (χ4v) is 3.66. The van der Waals surface area contributed by atoms with E-state index in [0.717, 1.165) is 6.42 Å². The number of nitrogens with two attached hydrogens (primary N) is 1. The predicted octanol–water partition coefficient (Wildman–Crippen LogP) is 2.66. The van der Waals surface area contributed by atoms with Gasteiger partial charge in [0.15, 0.2) is 5.58 Å². The molecule has 1 aromatic carbocycles. The van der Waals surface area contributed by atoms with E-state index >= 15 is 0 Å². The van der Waals surface area contributed by atoms with Gasteiger partial charge in [-0.2, -0.15) is 0 Å². The third kappa shape index (κ3) is 2.03. The Morgan fingerprint density at radius 2 is 2.14 bits per heavy atom. The molecule has 1 aliphatic carbocycles. The number of aromatic nitrogens is 1. The Bertz CT molecular complexity index is 703. The lowest BCUT2D eigenvalue weighted by Crippen LogP contribution is -2.54. The number of hydrogen-bond donors (Lipinski definition) is 2. The molecule has 0 bridgehead atoms. The summed E-state index contributed by atoms with van der Waals surface area (Å²) in [7, 11) is 0. The molecule has 5 nitrogen and oxygen atoms in total.